The predicted molar refractivity (Wildman–Crippen MR) is 233 cm³/mol. The summed E-state index contributed by atoms with van der Waals surface area (Å²) in [5, 5.41) is 2.31. The maximum absolute atomic E-state index is 6.86. The Labute approximate surface area is 344 Å². The van der Waals surface area contributed by atoms with Crippen molar-refractivity contribution in [2.45, 2.75) is 63.1 Å². The fourth-order valence-corrected chi connectivity index (χ4v) is 11.9. The van der Waals surface area contributed by atoms with Crippen molar-refractivity contribution in [1.82, 2.24) is 9.97 Å². The Morgan fingerprint density at radius 3 is 1.57 bits per heavy atom. The van der Waals surface area contributed by atoms with Crippen LogP contribution in [0.3, 0.4) is 0 Å². The molecule has 0 radical (unpaired) electrons. The van der Waals surface area contributed by atoms with Gasteiger partial charge in [0.25, 0.3) is 0 Å². The number of piperidine rings is 6. The molecule has 8 heterocycles. The van der Waals surface area contributed by atoms with Crippen molar-refractivity contribution in [3.05, 3.63) is 145 Å². The Kier molecular flexibility index (Phi) is 10.8. The van der Waals surface area contributed by atoms with Gasteiger partial charge in [-0.25, -0.2) is 0 Å². The second-order valence-corrected chi connectivity index (χ2v) is 17.6. The number of quaternary nitrogens is 2. The number of hydrogen-bond donors (Lipinski definition) is 0. The summed E-state index contributed by atoms with van der Waals surface area (Å²) in [6.07, 6.45) is 24.4. The van der Waals surface area contributed by atoms with Crippen molar-refractivity contribution in [3.8, 4) is 24.7 Å². The van der Waals surface area contributed by atoms with Crippen molar-refractivity contribution < 1.29 is 18.4 Å². The smallest absolute Gasteiger partial charge is 0.135 e. The van der Waals surface area contributed by atoms with Crippen LogP contribution >= 0.6 is 0 Å². The van der Waals surface area contributed by atoms with E-state index in [4.69, 9.17) is 32.3 Å². The van der Waals surface area contributed by atoms with E-state index in [2.05, 4.69) is 110 Å². The van der Waals surface area contributed by atoms with Crippen LogP contribution in [0.4, 0.5) is 0 Å². The van der Waals surface area contributed by atoms with Gasteiger partial charge in [-0.2, -0.15) is 0 Å². The number of para-hydroxylation sites is 2. The highest BCUT2D eigenvalue weighted by Crippen LogP contribution is 2.51. The van der Waals surface area contributed by atoms with Crippen LogP contribution in [0.25, 0.3) is 21.8 Å². The SMILES string of the molecule is C#C[C@H]1C[N@+]2(Cc3cccc(C[N@@+]45CC[C@@H](C[C@H]4[C@H](OCC=C)c4ccnc6ccccc46)[C@@H](C#C)C5)c3)CC[C@H]1C[C@H]2[C@H](OCC=C)c1ccnc2ccccc12. The number of benzene rings is 3. The van der Waals surface area contributed by atoms with E-state index in [1.807, 2.05) is 24.5 Å². The lowest BCUT2D eigenvalue weighted by molar-refractivity contribution is -0.985. The summed E-state index contributed by atoms with van der Waals surface area (Å²) in [5.74, 6) is 7.99. The molecule has 5 aromatic rings. The third-order valence-corrected chi connectivity index (χ3v) is 14.5. The molecule has 6 nitrogen and oxygen atoms in total. The first-order chi connectivity index (χ1) is 28.5. The third-order valence-electron chi connectivity index (χ3n) is 14.5. The van der Waals surface area contributed by atoms with E-state index in [-0.39, 0.29) is 36.1 Å². The molecule has 11 rings (SSSR count). The van der Waals surface area contributed by atoms with Gasteiger partial charge in [0, 0.05) is 60.0 Å². The van der Waals surface area contributed by atoms with Crippen LogP contribution in [-0.4, -0.2) is 70.4 Å². The molecule has 294 valence electrons. The second kappa shape index (κ2) is 16.3. The number of hydrogen-bond acceptors (Lipinski definition) is 4. The molecule has 0 aliphatic carbocycles. The van der Waals surface area contributed by atoms with Crippen LogP contribution in [0.15, 0.2) is 123 Å². The summed E-state index contributed by atoms with van der Waals surface area (Å²) < 4.78 is 15.6. The summed E-state index contributed by atoms with van der Waals surface area (Å²) in [4.78, 5) is 9.44. The minimum atomic E-state index is -0.109. The van der Waals surface area contributed by atoms with Crippen molar-refractivity contribution in [3.63, 3.8) is 0 Å². The minimum absolute atomic E-state index is 0.109. The molecule has 4 bridgehead atoms. The van der Waals surface area contributed by atoms with Gasteiger partial charge in [-0.05, 0) is 53.3 Å². The summed E-state index contributed by atoms with van der Waals surface area (Å²) in [6.45, 7) is 15.0. The lowest BCUT2D eigenvalue weighted by Crippen LogP contribution is -2.68. The van der Waals surface area contributed by atoms with E-state index >= 15 is 0 Å². The quantitative estimate of drug-likeness (QED) is 0.0642. The Morgan fingerprint density at radius 1 is 0.655 bits per heavy atom. The molecule has 0 saturated carbocycles. The third kappa shape index (κ3) is 6.97. The molecule has 58 heavy (non-hydrogen) atoms. The van der Waals surface area contributed by atoms with E-state index in [9.17, 15) is 0 Å². The number of pyridine rings is 2. The Bertz CT molecular complexity index is 2220. The first-order valence-electron chi connectivity index (χ1n) is 21.3. The normalized spacial score (nSPS) is 29.7. The highest BCUT2D eigenvalue weighted by Gasteiger charge is 2.56. The van der Waals surface area contributed by atoms with E-state index in [0.717, 1.165) is 95.7 Å². The van der Waals surface area contributed by atoms with Crippen LogP contribution in [0.1, 0.15) is 60.1 Å². The molecule has 0 unspecified atom stereocenters. The molecule has 2 aromatic heterocycles. The molecule has 0 spiro atoms. The summed E-state index contributed by atoms with van der Waals surface area (Å²) in [7, 11) is 0. The molecule has 6 aliphatic rings. The minimum Gasteiger partial charge on any atom is -0.363 e. The number of nitrogens with zero attached hydrogens (tertiary/aromatic N) is 4. The highest BCUT2D eigenvalue weighted by atomic mass is 16.5. The van der Waals surface area contributed by atoms with Gasteiger partial charge in [-0.1, -0.05) is 78.6 Å². The molecule has 0 amide bonds. The maximum Gasteiger partial charge on any atom is 0.135 e. The Balaban J connectivity index is 1.07. The van der Waals surface area contributed by atoms with E-state index in [1.165, 1.54) is 22.3 Å². The van der Waals surface area contributed by atoms with Crippen LogP contribution in [0, 0.1) is 48.4 Å². The first kappa shape index (κ1) is 38.4. The average molecular weight is 769 g/mol. The zero-order valence-electron chi connectivity index (χ0n) is 33.7. The summed E-state index contributed by atoms with van der Waals surface area (Å²) in [6, 6.07) is 31.2. The molecule has 6 saturated heterocycles. The number of fused-ring (bicyclic) bond motifs is 8. The molecule has 3 aromatic carbocycles. The van der Waals surface area contributed by atoms with Gasteiger partial charge in [-0.15, -0.1) is 26.0 Å². The molecule has 10 atom stereocenters. The molecular weight excluding hydrogens is 713 g/mol. The fourth-order valence-electron chi connectivity index (χ4n) is 11.9. The van der Waals surface area contributed by atoms with Crippen LogP contribution < -0.4 is 0 Å². The summed E-state index contributed by atoms with van der Waals surface area (Å²) in [5.41, 5.74) is 7.13. The molecular formula is C52H56N4O2+2. The predicted octanol–water partition coefficient (Wildman–Crippen LogP) is 9.39. The first-order valence-corrected chi connectivity index (χ1v) is 21.3. The second-order valence-electron chi connectivity index (χ2n) is 17.6. The lowest BCUT2D eigenvalue weighted by atomic mass is 9.71. The van der Waals surface area contributed by atoms with E-state index < -0.39 is 0 Å². The Hall–Kier alpha value is -5.08. The largest absolute Gasteiger partial charge is 0.363 e. The fraction of sp³-hybridized carbons (Fsp3) is 0.385. The number of terminal acetylenes is 2. The zero-order valence-corrected chi connectivity index (χ0v) is 33.7. The zero-order chi connectivity index (χ0) is 39.7. The van der Waals surface area contributed by atoms with Crippen molar-refractivity contribution in [2.24, 2.45) is 23.7 Å². The monoisotopic (exact) mass is 768 g/mol. The molecule has 0 N–H and O–H groups in total. The summed E-state index contributed by atoms with van der Waals surface area (Å²) >= 11 is 0. The van der Waals surface area contributed by atoms with Gasteiger partial charge >= 0.3 is 0 Å². The molecule has 6 aliphatic heterocycles. The van der Waals surface area contributed by atoms with Gasteiger partial charge in [-0.3, -0.25) is 9.97 Å². The Morgan fingerprint density at radius 2 is 1.12 bits per heavy atom. The molecule has 6 fully saturated rings. The van der Waals surface area contributed by atoms with E-state index in [0.29, 0.717) is 25.0 Å². The van der Waals surface area contributed by atoms with Crippen LogP contribution in [0.2, 0.25) is 0 Å². The maximum atomic E-state index is 6.86. The van der Waals surface area contributed by atoms with Crippen molar-refractivity contribution in [2.75, 3.05) is 39.4 Å². The lowest BCUT2D eigenvalue weighted by Gasteiger charge is -2.58. The van der Waals surface area contributed by atoms with Crippen molar-refractivity contribution in [1.29, 1.82) is 0 Å². The molecule has 6 heteroatoms. The van der Waals surface area contributed by atoms with Gasteiger partial charge in [0.15, 0.2) is 0 Å². The standard InChI is InChI=1S/C52H56N4O2/c1-5-28-57-51(45-20-24-53-47-18-11-9-16-43(45)47)49-31-41-22-26-55(49,35-39(41)7-3)33-37-14-13-15-38(30-37)34-56-27-23-42(40(8-4)36-56)32-50(56)52(58-29-6-2)46-21-25-54-48-19-12-10-17-44(46)48/h3-6,9-21,24-25,30,39-42,49-52H,1-2,22-23,26-29,31-36H2/q+2/t39-,40-,41-,42-,49-,50-,51+,52+,55+,56+/m0/s1. The average Bonchev–Trinajstić information content (AvgIpc) is 3.27. The van der Waals surface area contributed by atoms with Crippen molar-refractivity contribution >= 4 is 21.8 Å². The van der Waals surface area contributed by atoms with Crippen LogP contribution in [-0.2, 0) is 22.6 Å². The van der Waals surface area contributed by atoms with Crippen LogP contribution in [0.5, 0.6) is 0 Å². The number of ether oxygens (including phenoxy) is 2. The van der Waals surface area contributed by atoms with Gasteiger partial charge in [0.05, 0.1) is 62.3 Å². The van der Waals surface area contributed by atoms with Gasteiger partial charge in [0.1, 0.15) is 37.4 Å². The topological polar surface area (TPSA) is 44.2 Å². The highest BCUT2D eigenvalue weighted by molar-refractivity contribution is 5.83. The number of aromatic nitrogens is 2. The van der Waals surface area contributed by atoms with Gasteiger partial charge in [0.2, 0.25) is 0 Å². The van der Waals surface area contributed by atoms with Gasteiger partial charge < -0.3 is 18.4 Å². The van der Waals surface area contributed by atoms with E-state index in [1.54, 1.807) is 0 Å². The number of rotatable bonds is 14.